The Morgan fingerprint density at radius 3 is 2.65 bits per heavy atom. The van der Waals surface area contributed by atoms with E-state index in [0.29, 0.717) is 5.56 Å². The molecule has 0 N–H and O–H groups in total. The van der Waals surface area contributed by atoms with Crippen molar-refractivity contribution < 1.29 is 0 Å². The van der Waals surface area contributed by atoms with Gasteiger partial charge in [0.05, 0.1) is 5.56 Å². The standard InChI is InChI=1S/C15H14N2/c1-2-14(12-6-4-3-5-7-12)15-8-9-17-11-13(15)10-16/h3-9,11,14H,2H2,1H3. The van der Waals surface area contributed by atoms with Crippen LogP contribution in [0.15, 0.2) is 48.8 Å². The molecule has 2 rings (SSSR count). The molecule has 0 radical (unpaired) electrons. The number of benzene rings is 1. The number of hydrogen-bond acceptors (Lipinski definition) is 2. The fraction of sp³-hybridized carbons (Fsp3) is 0.200. The molecule has 1 heterocycles. The molecular weight excluding hydrogens is 208 g/mol. The van der Waals surface area contributed by atoms with Gasteiger partial charge in [-0.05, 0) is 23.6 Å². The fourth-order valence-electron chi connectivity index (χ4n) is 2.12. The topological polar surface area (TPSA) is 36.7 Å². The highest BCUT2D eigenvalue weighted by Gasteiger charge is 2.15. The largest absolute Gasteiger partial charge is 0.263 e. The van der Waals surface area contributed by atoms with Gasteiger partial charge < -0.3 is 0 Å². The van der Waals surface area contributed by atoms with Gasteiger partial charge in [-0.25, -0.2) is 0 Å². The molecule has 0 aliphatic heterocycles. The van der Waals surface area contributed by atoms with Crippen LogP contribution in [0.25, 0.3) is 0 Å². The Bertz CT molecular complexity index is 526. The Labute approximate surface area is 102 Å². The molecule has 0 aliphatic rings. The minimum atomic E-state index is 0.272. The van der Waals surface area contributed by atoms with Gasteiger partial charge in [-0.2, -0.15) is 5.26 Å². The molecule has 0 amide bonds. The van der Waals surface area contributed by atoms with Crippen LogP contribution < -0.4 is 0 Å². The number of nitrogens with zero attached hydrogens (tertiary/aromatic N) is 2. The van der Waals surface area contributed by atoms with E-state index in [1.807, 2.05) is 24.3 Å². The maximum atomic E-state index is 9.12. The van der Waals surface area contributed by atoms with Crippen molar-refractivity contribution in [2.24, 2.45) is 0 Å². The normalized spacial score (nSPS) is 11.8. The highest BCUT2D eigenvalue weighted by atomic mass is 14.6. The third-order valence-electron chi connectivity index (χ3n) is 2.96. The van der Waals surface area contributed by atoms with Crippen LogP contribution in [0.4, 0.5) is 0 Å². The van der Waals surface area contributed by atoms with E-state index in [4.69, 9.17) is 5.26 Å². The molecule has 1 aromatic heterocycles. The molecule has 84 valence electrons. The molecule has 17 heavy (non-hydrogen) atoms. The first-order valence-electron chi connectivity index (χ1n) is 5.75. The van der Waals surface area contributed by atoms with E-state index in [0.717, 1.165) is 12.0 Å². The zero-order chi connectivity index (χ0) is 12.1. The summed E-state index contributed by atoms with van der Waals surface area (Å²) in [6.45, 7) is 2.14. The molecule has 0 spiro atoms. The van der Waals surface area contributed by atoms with Gasteiger partial charge in [0, 0.05) is 18.3 Å². The third kappa shape index (κ3) is 2.34. The lowest BCUT2D eigenvalue weighted by atomic mass is 9.87. The molecule has 0 bridgehead atoms. The maximum Gasteiger partial charge on any atom is 0.101 e. The first-order valence-corrected chi connectivity index (χ1v) is 5.75. The average Bonchev–Trinajstić information content (AvgIpc) is 2.41. The van der Waals surface area contributed by atoms with E-state index in [2.05, 4.69) is 30.1 Å². The summed E-state index contributed by atoms with van der Waals surface area (Å²) in [4.78, 5) is 4.00. The van der Waals surface area contributed by atoms with Crippen LogP contribution in [0.5, 0.6) is 0 Å². The number of hydrogen-bond donors (Lipinski definition) is 0. The maximum absolute atomic E-state index is 9.12. The summed E-state index contributed by atoms with van der Waals surface area (Å²) in [7, 11) is 0. The summed E-state index contributed by atoms with van der Waals surface area (Å²) in [5, 5.41) is 9.12. The van der Waals surface area contributed by atoms with Crippen LogP contribution >= 0.6 is 0 Å². The number of pyridine rings is 1. The van der Waals surface area contributed by atoms with Crippen LogP contribution in [-0.4, -0.2) is 4.98 Å². The van der Waals surface area contributed by atoms with Crippen LogP contribution in [0, 0.1) is 11.3 Å². The Hall–Kier alpha value is -2.14. The van der Waals surface area contributed by atoms with Gasteiger partial charge in [0.1, 0.15) is 6.07 Å². The van der Waals surface area contributed by atoms with Crippen molar-refractivity contribution in [3.63, 3.8) is 0 Å². The smallest absolute Gasteiger partial charge is 0.101 e. The molecule has 0 fully saturated rings. The lowest BCUT2D eigenvalue weighted by molar-refractivity contribution is 0.773. The monoisotopic (exact) mass is 222 g/mol. The number of nitriles is 1. The lowest BCUT2D eigenvalue weighted by Crippen LogP contribution is -2.02. The van der Waals surface area contributed by atoms with Gasteiger partial charge in [-0.1, -0.05) is 37.3 Å². The van der Waals surface area contributed by atoms with E-state index in [1.54, 1.807) is 12.4 Å². The molecule has 2 heteroatoms. The Kier molecular flexibility index (Phi) is 3.52. The zero-order valence-corrected chi connectivity index (χ0v) is 9.80. The first-order chi connectivity index (χ1) is 8.36. The van der Waals surface area contributed by atoms with E-state index >= 15 is 0 Å². The average molecular weight is 222 g/mol. The quantitative estimate of drug-likeness (QED) is 0.797. The molecule has 2 aromatic rings. The van der Waals surface area contributed by atoms with Crippen LogP contribution in [0.3, 0.4) is 0 Å². The Morgan fingerprint density at radius 1 is 1.24 bits per heavy atom. The third-order valence-corrected chi connectivity index (χ3v) is 2.96. The predicted molar refractivity (Wildman–Crippen MR) is 67.5 cm³/mol. The molecular formula is C15H14N2. The SMILES string of the molecule is CCC(c1ccccc1)c1ccncc1C#N. The molecule has 1 atom stereocenters. The van der Waals surface area contributed by atoms with Crippen molar-refractivity contribution in [1.82, 2.24) is 4.98 Å². The Morgan fingerprint density at radius 2 is 2.00 bits per heavy atom. The summed E-state index contributed by atoms with van der Waals surface area (Å²) in [5.74, 6) is 0.272. The van der Waals surface area contributed by atoms with Gasteiger partial charge in [0.25, 0.3) is 0 Å². The summed E-state index contributed by atoms with van der Waals surface area (Å²) >= 11 is 0. The summed E-state index contributed by atoms with van der Waals surface area (Å²) in [5.41, 5.74) is 2.98. The van der Waals surface area contributed by atoms with Crippen molar-refractivity contribution in [1.29, 1.82) is 5.26 Å². The second kappa shape index (κ2) is 5.27. The van der Waals surface area contributed by atoms with Gasteiger partial charge >= 0.3 is 0 Å². The minimum absolute atomic E-state index is 0.272. The summed E-state index contributed by atoms with van der Waals surface area (Å²) < 4.78 is 0. The highest BCUT2D eigenvalue weighted by Crippen LogP contribution is 2.29. The van der Waals surface area contributed by atoms with Gasteiger partial charge in [0.2, 0.25) is 0 Å². The fourth-order valence-corrected chi connectivity index (χ4v) is 2.12. The summed E-state index contributed by atoms with van der Waals surface area (Å²) in [6, 6.07) is 14.4. The van der Waals surface area contributed by atoms with E-state index in [-0.39, 0.29) is 5.92 Å². The molecule has 1 unspecified atom stereocenters. The van der Waals surface area contributed by atoms with Crippen molar-refractivity contribution >= 4 is 0 Å². The van der Waals surface area contributed by atoms with Crippen molar-refractivity contribution in [3.8, 4) is 6.07 Å². The van der Waals surface area contributed by atoms with Crippen molar-refractivity contribution in [2.45, 2.75) is 19.3 Å². The van der Waals surface area contributed by atoms with Gasteiger partial charge in [-0.3, -0.25) is 4.98 Å². The molecule has 0 saturated carbocycles. The van der Waals surface area contributed by atoms with E-state index in [9.17, 15) is 0 Å². The molecule has 1 aromatic carbocycles. The van der Waals surface area contributed by atoms with Crippen molar-refractivity contribution in [3.05, 3.63) is 65.5 Å². The highest BCUT2D eigenvalue weighted by molar-refractivity contribution is 5.42. The second-order valence-corrected chi connectivity index (χ2v) is 3.95. The summed E-state index contributed by atoms with van der Waals surface area (Å²) in [6.07, 6.45) is 4.37. The predicted octanol–water partition coefficient (Wildman–Crippen LogP) is 3.50. The molecule has 0 aliphatic carbocycles. The van der Waals surface area contributed by atoms with Crippen LogP contribution in [-0.2, 0) is 0 Å². The zero-order valence-electron chi connectivity index (χ0n) is 9.80. The minimum Gasteiger partial charge on any atom is -0.263 e. The van der Waals surface area contributed by atoms with Crippen molar-refractivity contribution in [2.75, 3.05) is 0 Å². The van der Waals surface area contributed by atoms with Crippen LogP contribution in [0.2, 0.25) is 0 Å². The van der Waals surface area contributed by atoms with E-state index < -0.39 is 0 Å². The Balaban J connectivity index is 2.47. The molecule has 2 nitrogen and oxygen atoms in total. The first kappa shape index (κ1) is 11.3. The van der Waals surface area contributed by atoms with Gasteiger partial charge in [-0.15, -0.1) is 0 Å². The number of aromatic nitrogens is 1. The van der Waals surface area contributed by atoms with E-state index in [1.165, 1.54) is 5.56 Å². The van der Waals surface area contributed by atoms with Crippen LogP contribution in [0.1, 0.15) is 36.0 Å². The lowest BCUT2D eigenvalue weighted by Gasteiger charge is -2.16. The molecule has 0 saturated heterocycles. The van der Waals surface area contributed by atoms with Gasteiger partial charge in [0.15, 0.2) is 0 Å². The second-order valence-electron chi connectivity index (χ2n) is 3.95. The number of rotatable bonds is 3.